The number of carbonyl (C=O) groups excluding carboxylic acids is 1. The smallest absolute Gasteiger partial charge is 0.223 e. The Morgan fingerprint density at radius 3 is 2.53 bits per heavy atom. The number of carbonyl (C=O) groups is 1. The van der Waals surface area contributed by atoms with E-state index in [1.165, 1.54) is 44.9 Å². The Hall–Kier alpha value is -0.570. The summed E-state index contributed by atoms with van der Waals surface area (Å²) in [5.41, 5.74) is 5.61. The van der Waals surface area contributed by atoms with Crippen molar-refractivity contribution in [1.29, 1.82) is 0 Å². The molecule has 3 fully saturated rings. The SMILES string of the molecule is NCCCN(C(=O)CC1CC2CCC1C2)C1CCC1. The zero-order valence-corrected chi connectivity index (χ0v) is 12.0. The van der Waals surface area contributed by atoms with Crippen LogP contribution in [0.15, 0.2) is 0 Å². The first-order chi connectivity index (χ1) is 9.28. The normalized spacial score (nSPS) is 33.4. The Labute approximate surface area is 116 Å². The van der Waals surface area contributed by atoms with E-state index in [1.807, 2.05) is 0 Å². The van der Waals surface area contributed by atoms with E-state index in [2.05, 4.69) is 4.90 Å². The second kappa shape index (κ2) is 5.82. The first-order valence-electron chi connectivity index (χ1n) is 8.27. The molecule has 2 bridgehead atoms. The maximum absolute atomic E-state index is 12.6. The predicted molar refractivity (Wildman–Crippen MR) is 76.6 cm³/mol. The molecular formula is C16H28N2O. The van der Waals surface area contributed by atoms with Gasteiger partial charge in [-0.15, -0.1) is 0 Å². The largest absolute Gasteiger partial charge is 0.340 e. The highest BCUT2D eigenvalue weighted by molar-refractivity contribution is 5.77. The van der Waals surface area contributed by atoms with Crippen molar-refractivity contribution in [2.75, 3.05) is 13.1 Å². The van der Waals surface area contributed by atoms with Gasteiger partial charge in [-0.25, -0.2) is 0 Å². The maximum Gasteiger partial charge on any atom is 0.223 e. The Morgan fingerprint density at radius 1 is 1.16 bits per heavy atom. The van der Waals surface area contributed by atoms with Gasteiger partial charge >= 0.3 is 0 Å². The highest BCUT2D eigenvalue weighted by atomic mass is 16.2. The Kier molecular flexibility index (Phi) is 4.11. The van der Waals surface area contributed by atoms with Crippen molar-refractivity contribution < 1.29 is 4.79 Å². The molecule has 2 N–H and O–H groups in total. The quantitative estimate of drug-likeness (QED) is 0.801. The van der Waals surface area contributed by atoms with Gasteiger partial charge < -0.3 is 10.6 Å². The average Bonchev–Trinajstić information content (AvgIpc) is 2.93. The van der Waals surface area contributed by atoms with Gasteiger partial charge in [0.2, 0.25) is 5.91 Å². The third-order valence-corrected chi connectivity index (χ3v) is 5.76. The van der Waals surface area contributed by atoms with E-state index >= 15 is 0 Å². The number of hydrogen-bond acceptors (Lipinski definition) is 2. The fraction of sp³-hybridized carbons (Fsp3) is 0.938. The summed E-state index contributed by atoms with van der Waals surface area (Å²) in [5, 5.41) is 0. The van der Waals surface area contributed by atoms with Gasteiger partial charge in [-0.2, -0.15) is 0 Å². The minimum absolute atomic E-state index is 0.427. The molecule has 0 radical (unpaired) electrons. The Balaban J connectivity index is 1.54. The van der Waals surface area contributed by atoms with Crippen LogP contribution in [0.2, 0.25) is 0 Å². The van der Waals surface area contributed by atoms with Crippen LogP contribution in [0.1, 0.15) is 57.8 Å². The van der Waals surface area contributed by atoms with Crippen molar-refractivity contribution >= 4 is 5.91 Å². The summed E-state index contributed by atoms with van der Waals surface area (Å²) >= 11 is 0. The van der Waals surface area contributed by atoms with Gasteiger partial charge in [0.15, 0.2) is 0 Å². The van der Waals surface area contributed by atoms with Gasteiger partial charge in [-0.05, 0) is 69.2 Å². The van der Waals surface area contributed by atoms with Crippen LogP contribution in [-0.4, -0.2) is 29.9 Å². The van der Waals surface area contributed by atoms with E-state index in [4.69, 9.17) is 5.73 Å². The number of rotatable bonds is 6. The van der Waals surface area contributed by atoms with Gasteiger partial charge in [0.05, 0.1) is 0 Å². The van der Waals surface area contributed by atoms with Gasteiger partial charge in [-0.1, -0.05) is 6.42 Å². The lowest BCUT2D eigenvalue weighted by Gasteiger charge is -2.38. The summed E-state index contributed by atoms with van der Waals surface area (Å²) in [6.45, 7) is 1.59. The van der Waals surface area contributed by atoms with Crippen LogP contribution in [0.4, 0.5) is 0 Å². The molecule has 3 heteroatoms. The van der Waals surface area contributed by atoms with E-state index in [0.29, 0.717) is 24.4 Å². The van der Waals surface area contributed by atoms with Crippen LogP contribution in [0.5, 0.6) is 0 Å². The van der Waals surface area contributed by atoms with Crippen molar-refractivity contribution in [3.8, 4) is 0 Å². The van der Waals surface area contributed by atoms with E-state index in [0.717, 1.165) is 31.2 Å². The van der Waals surface area contributed by atoms with Crippen molar-refractivity contribution in [1.82, 2.24) is 4.90 Å². The number of fused-ring (bicyclic) bond motifs is 2. The lowest BCUT2D eigenvalue weighted by atomic mass is 9.85. The molecule has 3 nitrogen and oxygen atoms in total. The number of nitrogens with zero attached hydrogens (tertiary/aromatic N) is 1. The Bertz CT molecular complexity index is 327. The fourth-order valence-electron chi connectivity index (χ4n) is 4.44. The second-order valence-corrected chi connectivity index (χ2v) is 6.95. The molecule has 0 heterocycles. The molecule has 0 aromatic heterocycles. The third kappa shape index (κ3) is 2.81. The maximum atomic E-state index is 12.6. The molecule has 1 amide bonds. The number of nitrogens with two attached hydrogens (primary N) is 1. The summed E-state index contributed by atoms with van der Waals surface area (Å²) in [6, 6.07) is 0.539. The Morgan fingerprint density at radius 2 is 2.00 bits per heavy atom. The molecule has 3 aliphatic rings. The molecule has 0 spiro atoms. The molecule has 0 saturated heterocycles. The summed E-state index contributed by atoms with van der Waals surface area (Å²) < 4.78 is 0. The van der Waals surface area contributed by atoms with Gasteiger partial charge in [-0.3, -0.25) is 4.79 Å². The van der Waals surface area contributed by atoms with Crippen molar-refractivity contribution in [3.63, 3.8) is 0 Å². The van der Waals surface area contributed by atoms with E-state index in [1.54, 1.807) is 0 Å². The summed E-state index contributed by atoms with van der Waals surface area (Å²) in [6.07, 6.45) is 11.0. The van der Waals surface area contributed by atoms with Crippen molar-refractivity contribution in [2.24, 2.45) is 23.5 Å². The molecule has 3 rings (SSSR count). The monoisotopic (exact) mass is 264 g/mol. The summed E-state index contributed by atoms with van der Waals surface area (Å²) in [5.74, 6) is 2.94. The predicted octanol–water partition coefficient (Wildman–Crippen LogP) is 2.54. The minimum Gasteiger partial charge on any atom is -0.340 e. The topological polar surface area (TPSA) is 46.3 Å². The van der Waals surface area contributed by atoms with Crippen molar-refractivity contribution in [2.45, 2.75) is 63.8 Å². The molecule has 3 unspecified atom stereocenters. The zero-order valence-electron chi connectivity index (χ0n) is 12.0. The molecular weight excluding hydrogens is 236 g/mol. The molecule has 3 atom stereocenters. The van der Waals surface area contributed by atoms with Crippen LogP contribution in [0.3, 0.4) is 0 Å². The third-order valence-electron chi connectivity index (χ3n) is 5.76. The number of hydrogen-bond donors (Lipinski definition) is 1. The highest BCUT2D eigenvalue weighted by Gasteiger charge is 2.41. The van der Waals surface area contributed by atoms with E-state index < -0.39 is 0 Å². The van der Waals surface area contributed by atoms with Gasteiger partial charge in [0.1, 0.15) is 0 Å². The second-order valence-electron chi connectivity index (χ2n) is 6.95. The molecule has 3 saturated carbocycles. The van der Waals surface area contributed by atoms with Crippen LogP contribution < -0.4 is 5.73 Å². The van der Waals surface area contributed by atoms with Crippen LogP contribution in [0.25, 0.3) is 0 Å². The van der Waals surface area contributed by atoms with Gasteiger partial charge in [0, 0.05) is 19.0 Å². The lowest BCUT2D eigenvalue weighted by Crippen LogP contribution is -2.45. The molecule has 19 heavy (non-hydrogen) atoms. The fourth-order valence-corrected chi connectivity index (χ4v) is 4.44. The molecule has 108 valence electrons. The molecule has 0 aromatic carbocycles. The first kappa shape index (κ1) is 13.4. The highest BCUT2D eigenvalue weighted by Crippen LogP contribution is 2.49. The van der Waals surface area contributed by atoms with Crippen LogP contribution in [0, 0.1) is 17.8 Å². The number of amides is 1. The van der Waals surface area contributed by atoms with Gasteiger partial charge in [0.25, 0.3) is 0 Å². The first-order valence-corrected chi connectivity index (χ1v) is 8.27. The van der Waals surface area contributed by atoms with Crippen LogP contribution >= 0.6 is 0 Å². The standard InChI is InChI=1S/C16H28N2O/c17-7-2-8-18(15-3-1-4-15)16(19)11-14-10-12-5-6-13(14)9-12/h12-15H,1-11,17H2. The van der Waals surface area contributed by atoms with E-state index in [9.17, 15) is 4.79 Å². The summed E-state index contributed by atoms with van der Waals surface area (Å²) in [7, 11) is 0. The van der Waals surface area contributed by atoms with E-state index in [-0.39, 0.29) is 0 Å². The molecule has 3 aliphatic carbocycles. The van der Waals surface area contributed by atoms with Crippen LogP contribution in [-0.2, 0) is 4.79 Å². The molecule has 0 aromatic rings. The summed E-state index contributed by atoms with van der Waals surface area (Å²) in [4.78, 5) is 14.8. The average molecular weight is 264 g/mol. The lowest BCUT2D eigenvalue weighted by molar-refractivity contribution is -0.136. The van der Waals surface area contributed by atoms with Crippen molar-refractivity contribution in [3.05, 3.63) is 0 Å². The molecule has 0 aliphatic heterocycles. The zero-order chi connectivity index (χ0) is 13.2. The minimum atomic E-state index is 0.427.